The predicted octanol–water partition coefficient (Wildman–Crippen LogP) is 13.3. The number of hydrogen-bond acceptors (Lipinski definition) is 14. The highest BCUT2D eigenvalue weighted by atomic mass is 16.5. The molecule has 12 rings (SSSR count). The highest BCUT2D eigenvalue weighted by Gasteiger charge is 2.19. The van der Waals surface area contributed by atoms with Crippen molar-refractivity contribution in [2.24, 2.45) is 0 Å². The minimum Gasteiger partial charge on any atom is -0.493 e. The van der Waals surface area contributed by atoms with E-state index in [0.717, 1.165) is 90.1 Å². The fourth-order valence-corrected chi connectivity index (χ4v) is 9.86. The summed E-state index contributed by atoms with van der Waals surface area (Å²) in [6.07, 6.45) is 13.0. The number of ether oxygens (including phenoxy) is 2. The molecule has 3 aromatic carbocycles. The molecule has 0 saturated heterocycles. The summed E-state index contributed by atoms with van der Waals surface area (Å²) in [4.78, 5) is 63.9. The van der Waals surface area contributed by atoms with Gasteiger partial charge in [0.15, 0.2) is 0 Å². The van der Waals surface area contributed by atoms with Gasteiger partial charge in [-0.25, -0.2) is 9.97 Å². The summed E-state index contributed by atoms with van der Waals surface area (Å²) in [5, 5.41) is 16.9. The van der Waals surface area contributed by atoms with Crippen molar-refractivity contribution >= 4 is 22.6 Å². The zero-order valence-corrected chi connectivity index (χ0v) is 46.7. The van der Waals surface area contributed by atoms with Crippen LogP contribution >= 0.6 is 0 Å². The molecule has 12 aromatic rings. The third-order valence-corrected chi connectivity index (χ3v) is 14.2. The number of carbonyl (C=O) groups is 2. The molecule has 9 aromatic heterocycles. The molecule has 2 N–H and O–H groups in total. The third kappa shape index (κ3) is 13.1. The van der Waals surface area contributed by atoms with Crippen molar-refractivity contribution in [3.05, 3.63) is 242 Å². The summed E-state index contributed by atoms with van der Waals surface area (Å²) in [5.74, 6) is 1.03. The van der Waals surface area contributed by atoms with Gasteiger partial charge >= 0.3 is 0 Å². The van der Waals surface area contributed by atoms with Crippen LogP contribution in [0.5, 0.6) is 11.5 Å². The Balaban J connectivity index is 0.615. The Kier molecular flexibility index (Phi) is 17.2. The van der Waals surface area contributed by atoms with E-state index < -0.39 is 0 Å². The Morgan fingerprint density at radius 1 is 0.349 bits per heavy atom. The maximum Gasteiger partial charge on any atom is 0.252 e. The molecule has 2 amide bonds. The lowest BCUT2D eigenvalue weighted by Gasteiger charge is -2.14. The molecule has 0 saturated carbocycles. The SMILES string of the molecule is O=C(NCCCCOc1ccccc1-c1cc(-c2ccccn2)nc(-c2ccccn2)c1)c1ccc(-c2nnc(-c3ccc(C(=O)NCCCCOc4ccccc4-c4cc(-c5ccccn5)nc(-c5ccccn5)c4)cn3)c3ccccc23)nc1. The van der Waals surface area contributed by atoms with Gasteiger partial charge in [-0.2, -0.15) is 0 Å². The maximum absolute atomic E-state index is 13.3. The summed E-state index contributed by atoms with van der Waals surface area (Å²) >= 11 is 0. The number of amides is 2. The van der Waals surface area contributed by atoms with Crippen molar-refractivity contribution in [2.45, 2.75) is 25.7 Å². The number of carbonyl (C=O) groups excluding carboxylic acids is 2. The van der Waals surface area contributed by atoms with Crippen LogP contribution in [0, 0.1) is 0 Å². The first kappa shape index (κ1) is 55.3. The molecule has 86 heavy (non-hydrogen) atoms. The maximum atomic E-state index is 13.3. The van der Waals surface area contributed by atoms with Crippen molar-refractivity contribution in [3.8, 4) is 102 Å². The zero-order chi connectivity index (χ0) is 58.3. The van der Waals surface area contributed by atoms with Gasteiger partial charge in [0.25, 0.3) is 11.8 Å². The molecule has 0 spiro atoms. The van der Waals surface area contributed by atoms with Crippen LogP contribution in [0.15, 0.2) is 231 Å². The first-order valence-electron chi connectivity index (χ1n) is 28.4. The average molecular weight is 1130 g/mol. The van der Waals surface area contributed by atoms with Gasteiger partial charge in [-0.05, 0) is 146 Å². The van der Waals surface area contributed by atoms with E-state index >= 15 is 0 Å². The summed E-state index contributed by atoms with van der Waals surface area (Å²) in [5.41, 5.74) is 12.8. The molecule has 16 nitrogen and oxygen atoms in total. The summed E-state index contributed by atoms with van der Waals surface area (Å²) in [7, 11) is 0. The number of fused-ring (bicyclic) bond motifs is 1. The van der Waals surface area contributed by atoms with E-state index in [1.54, 1.807) is 61.4 Å². The molecule has 0 fully saturated rings. The molecule has 0 radical (unpaired) electrons. The van der Waals surface area contributed by atoms with Gasteiger partial charge in [0.2, 0.25) is 0 Å². The van der Waals surface area contributed by atoms with Crippen LogP contribution in [0.3, 0.4) is 0 Å². The van der Waals surface area contributed by atoms with Crippen LogP contribution in [0.1, 0.15) is 46.4 Å². The van der Waals surface area contributed by atoms with Crippen LogP contribution in [-0.4, -0.2) is 88.2 Å². The van der Waals surface area contributed by atoms with E-state index in [1.807, 2.05) is 170 Å². The van der Waals surface area contributed by atoms with Gasteiger partial charge in [0.05, 0.1) is 81.3 Å². The first-order valence-corrected chi connectivity index (χ1v) is 28.4. The number of rotatable bonds is 22. The number of unbranched alkanes of at least 4 members (excludes halogenated alkanes) is 2. The van der Waals surface area contributed by atoms with Crippen molar-refractivity contribution in [1.29, 1.82) is 0 Å². The van der Waals surface area contributed by atoms with E-state index in [0.29, 0.717) is 85.9 Å². The molecular weight excluding hydrogens is 1070 g/mol. The largest absolute Gasteiger partial charge is 0.493 e. The lowest BCUT2D eigenvalue weighted by molar-refractivity contribution is 0.0944. The molecule has 16 heteroatoms. The molecule has 420 valence electrons. The molecule has 0 aliphatic rings. The smallest absolute Gasteiger partial charge is 0.252 e. The number of nitrogens with zero attached hydrogens (tertiary/aromatic N) is 10. The molecule has 0 bridgehead atoms. The van der Waals surface area contributed by atoms with Gasteiger partial charge < -0.3 is 20.1 Å². The number of para-hydroxylation sites is 2. The van der Waals surface area contributed by atoms with E-state index in [1.165, 1.54) is 0 Å². The lowest BCUT2D eigenvalue weighted by atomic mass is 10.0. The normalized spacial score (nSPS) is 11.0. The van der Waals surface area contributed by atoms with Gasteiger partial charge in [-0.3, -0.25) is 39.5 Å². The topological polar surface area (TPSA) is 206 Å². The Hall–Kier alpha value is -11.3. The van der Waals surface area contributed by atoms with Crippen LogP contribution < -0.4 is 20.1 Å². The van der Waals surface area contributed by atoms with Crippen LogP contribution in [0.25, 0.3) is 101 Å². The molecular formula is C70H56N12O4. The van der Waals surface area contributed by atoms with Crippen molar-refractivity contribution < 1.29 is 19.1 Å². The standard InChI is InChI=1S/C70H56N12O4/c83-69(75-37-15-17-39-85-65-27-5-3-19-51(65)49-41-61(55-23-7-11-33-71-55)79-62(42-49)56-24-8-12-34-72-56)47-29-31-59(77-45-47)67-53-21-1-2-22-54(53)68(82-81-67)60-32-30-48(46-78-60)70(84)76-38-16-18-40-86-66-28-6-4-20-52(66)50-43-63(57-25-9-13-35-73-57)80-64(44-50)58-26-10-14-36-74-58/h1-14,19-36,41-46H,15-18,37-40H2,(H,75,83)(H,76,84). The molecule has 0 unspecified atom stereocenters. The Morgan fingerprint density at radius 2 is 0.709 bits per heavy atom. The van der Waals surface area contributed by atoms with Gasteiger partial charge in [-0.15, -0.1) is 10.2 Å². The lowest BCUT2D eigenvalue weighted by Crippen LogP contribution is -2.24. The zero-order valence-electron chi connectivity index (χ0n) is 46.7. The van der Waals surface area contributed by atoms with Crippen LogP contribution in [0.2, 0.25) is 0 Å². The Morgan fingerprint density at radius 3 is 1.06 bits per heavy atom. The van der Waals surface area contributed by atoms with Crippen LogP contribution in [0.4, 0.5) is 0 Å². The highest BCUT2D eigenvalue weighted by Crippen LogP contribution is 2.37. The number of aromatic nitrogens is 10. The van der Waals surface area contributed by atoms with Crippen molar-refractivity contribution in [1.82, 2.24) is 60.7 Å². The average Bonchev–Trinajstić information content (AvgIpc) is 2.99. The van der Waals surface area contributed by atoms with Gasteiger partial charge in [-0.1, -0.05) is 84.9 Å². The van der Waals surface area contributed by atoms with E-state index in [4.69, 9.17) is 19.4 Å². The quantitative estimate of drug-likeness (QED) is 0.0606. The summed E-state index contributed by atoms with van der Waals surface area (Å²) < 4.78 is 12.7. The second kappa shape index (κ2) is 26.8. The monoisotopic (exact) mass is 1130 g/mol. The number of pyridine rings is 8. The molecule has 0 aliphatic carbocycles. The minimum absolute atomic E-state index is 0.229. The van der Waals surface area contributed by atoms with E-state index in [-0.39, 0.29) is 11.8 Å². The third-order valence-electron chi connectivity index (χ3n) is 14.2. The number of benzene rings is 3. The summed E-state index contributed by atoms with van der Waals surface area (Å²) in [6.45, 7) is 1.83. The second-order valence-electron chi connectivity index (χ2n) is 20.0. The van der Waals surface area contributed by atoms with Gasteiger partial charge in [0, 0.05) is 72.2 Å². The molecule has 9 heterocycles. The summed E-state index contributed by atoms with van der Waals surface area (Å²) in [6, 6.07) is 61.9. The van der Waals surface area contributed by atoms with E-state index in [2.05, 4.69) is 50.7 Å². The minimum atomic E-state index is -0.229. The first-order chi connectivity index (χ1) is 42.5. The Bertz CT molecular complexity index is 3890. The highest BCUT2D eigenvalue weighted by molar-refractivity contribution is 6.01. The number of nitrogens with one attached hydrogen (secondary N) is 2. The fraction of sp³-hybridized carbons (Fsp3) is 0.114. The molecule has 0 aliphatic heterocycles. The van der Waals surface area contributed by atoms with Crippen molar-refractivity contribution in [2.75, 3.05) is 26.3 Å². The van der Waals surface area contributed by atoms with Crippen molar-refractivity contribution in [3.63, 3.8) is 0 Å². The van der Waals surface area contributed by atoms with Crippen LogP contribution in [-0.2, 0) is 0 Å². The second-order valence-corrected chi connectivity index (χ2v) is 20.0. The molecule has 0 atom stereocenters. The number of hydrogen-bond donors (Lipinski definition) is 2. The van der Waals surface area contributed by atoms with Gasteiger partial charge in [0.1, 0.15) is 22.9 Å². The Labute approximate surface area is 496 Å². The van der Waals surface area contributed by atoms with E-state index in [9.17, 15) is 9.59 Å². The fourth-order valence-electron chi connectivity index (χ4n) is 9.86. The predicted molar refractivity (Wildman–Crippen MR) is 332 cm³/mol.